The van der Waals surface area contributed by atoms with E-state index in [0.29, 0.717) is 11.3 Å². The van der Waals surface area contributed by atoms with Gasteiger partial charge in [0.2, 0.25) is 0 Å². The molecule has 4 heteroatoms. The molecule has 0 radical (unpaired) electrons. The zero-order valence-corrected chi connectivity index (χ0v) is 8.08. The Morgan fingerprint density at radius 1 is 1.53 bits per heavy atom. The molecule has 1 aliphatic rings. The summed E-state index contributed by atoms with van der Waals surface area (Å²) in [5.74, 6) is -0.988. The van der Waals surface area contributed by atoms with Crippen LogP contribution < -0.4 is 5.32 Å². The highest BCUT2D eigenvalue weighted by Crippen LogP contribution is 2.27. The van der Waals surface area contributed by atoms with Gasteiger partial charge in [0.05, 0.1) is 22.9 Å². The summed E-state index contributed by atoms with van der Waals surface area (Å²) in [6.07, 6.45) is 1.80. The van der Waals surface area contributed by atoms with Gasteiger partial charge >= 0.3 is 5.97 Å². The predicted molar refractivity (Wildman–Crippen MR) is 54.9 cm³/mol. The number of nitrogens with one attached hydrogen (secondary N) is 1. The number of carboxylic acid groups (broad SMARTS) is 1. The maximum absolute atomic E-state index is 11.0. The molecular formula is C11H10N2O2. The summed E-state index contributed by atoms with van der Waals surface area (Å²) in [6, 6.07) is 5.16. The number of nitriles is 1. The summed E-state index contributed by atoms with van der Waals surface area (Å²) in [4.78, 5) is 11.0. The topological polar surface area (TPSA) is 73.1 Å². The molecule has 0 unspecified atom stereocenters. The van der Waals surface area contributed by atoms with E-state index in [2.05, 4.69) is 5.32 Å². The van der Waals surface area contributed by atoms with Crippen LogP contribution in [0.3, 0.4) is 0 Å². The van der Waals surface area contributed by atoms with Crippen molar-refractivity contribution in [3.8, 4) is 6.07 Å². The summed E-state index contributed by atoms with van der Waals surface area (Å²) in [6.45, 7) is 0.791. The largest absolute Gasteiger partial charge is 0.478 e. The highest BCUT2D eigenvalue weighted by atomic mass is 16.4. The molecule has 76 valence electrons. The Morgan fingerprint density at radius 2 is 2.33 bits per heavy atom. The highest BCUT2D eigenvalue weighted by Gasteiger charge is 2.18. The Labute approximate surface area is 87.1 Å². The van der Waals surface area contributed by atoms with Crippen LogP contribution in [-0.2, 0) is 6.42 Å². The number of benzene rings is 1. The summed E-state index contributed by atoms with van der Waals surface area (Å²) in [7, 11) is 0. The number of hydrogen-bond acceptors (Lipinski definition) is 3. The highest BCUT2D eigenvalue weighted by molar-refractivity contribution is 5.95. The number of anilines is 1. The SMILES string of the molecule is N#Cc1cc2c(c(C(=O)O)c1)NCCC2. The first-order valence-electron chi connectivity index (χ1n) is 4.76. The lowest BCUT2D eigenvalue weighted by atomic mass is 9.97. The molecule has 0 atom stereocenters. The molecule has 0 aromatic heterocycles. The average Bonchev–Trinajstić information content (AvgIpc) is 2.27. The van der Waals surface area contributed by atoms with Crippen LogP contribution in [0, 0.1) is 11.3 Å². The second-order valence-electron chi connectivity index (χ2n) is 3.51. The fourth-order valence-electron chi connectivity index (χ4n) is 1.83. The Hall–Kier alpha value is -2.02. The number of hydrogen-bond donors (Lipinski definition) is 2. The number of carboxylic acids is 1. The molecule has 0 aliphatic carbocycles. The van der Waals surface area contributed by atoms with Gasteiger partial charge in [-0.05, 0) is 30.5 Å². The first kappa shape index (κ1) is 9.53. The Bertz CT molecular complexity index is 460. The van der Waals surface area contributed by atoms with Crippen molar-refractivity contribution in [2.45, 2.75) is 12.8 Å². The van der Waals surface area contributed by atoms with Crippen LogP contribution >= 0.6 is 0 Å². The number of carbonyl (C=O) groups is 1. The molecule has 2 rings (SSSR count). The van der Waals surface area contributed by atoms with E-state index in [1.165, 1.54) is 6.07 Å². The van der Waals surface area contributed by atoms with E-state index >= 15 is 0 Å². The summed E-state index contributed by atoms with van der Waals surface area (Å²) in [5, 5.41) is 20.9. The van der Waals surface area contributed by atoms with Crippen LogP contribution in [0.5, 0.6) is 0 Å². The third kappa shape index (κ3) is 1.64. The molecule has 0 saturated heterocycles. The Morgan fingerprint density at radius 3 is 3.00 bits per heavy atom. The van der Waals surface area contributed by atoms with E-state index in [1.807, 2.05) is 6.07 Å². The number of aromatic carboxylic acids is 1. The number of nitrogens with zero attached hydrogens (tertiary/aromatic N) is 1. The van der Waals surface area contributed by atoms with Crippen molar-refractivity contribution in [3.63, 3.8) is 0 Å². The Balaban J connectivity index is 2.62. The fourth-order valence-corrected chi connectivity index (χ4v) is 1.83. The van der Waals surface area contributed by atoms with Crippen LogP contribution in [0.1, 0.15) is 27.9 Å². The fraction of sp³-hybridized carbons (Fsp3) is 0.273. The van der Waals surface area contributed by atoms with Gasteiger partial charge in [-0.3, -0.25) is 0 Å². The lowest BCUT2D eigenvalue weighted by molar-refractivity contribution is 0.0697. The third-order valence-electron chi connectivity index (χ3n) is 2.50. The monoisotopic (exact) mass is 202 g/mol. The van der Waals surface area contributed by atoms with Crippen molar-refractivity contribution < 1.29 is 9.90 Å². The van der Waals surface area contributed by atoms with Crippen molar-refractivity contribution >= 4 is 11.7 Å². The molecule has 0 saturated carbocycles. The second kappa shape index (κ2) is 3.62. The first-order valence-corrected chi connectivity index (χ1v) is 4.76. The van der Waals surface area contributed by atoms with Crippen molar-refractivity contribution in [2.75, 3.05) is 11.9 Å². The quantitative estimate of drug-likeness (QED) is 0.725. The van der Waals surface area contributed by atoms with E-state index in [0.717, 1.165) is 24.9 Å². The van der Waals surface area contributed by atoms with E-state index in [4.69, 9.17) is 10.4 Å². The Kier molecular flexibility index (Phi) is 2.30. The molecule has 1 aliphatic heterocycles. The van der Waals surface area contributed by atoms with Crippen molar-refractivity contribution in [3.05, 3.63) is 28.8 Å². The molecule has 1 aromatic rings. The summed E-state index contributed by atoms with van der Waals surface area (Å²) >= 11 is 0. The van der Waals surface area contributed by atoms with Gasteiger partial charge in [0.25, 0.3) is 0 Å². The number of aryl methyl sites for hydroxylation is 1. The van der Waals surface area contributed by atoms with Crippen molar-refractivity contribution in [1.82, 2.24) is 0 Å². The van der Waals surface area contributed by atoms with Gasteiger partial charge in [-0.25, -0.2) is 4.79 Å². The molecule has 0 bridgehead atoms. The molecule has 1 aromatic carbocycles. The average molecular weight is 202 g/mol. The standard InChI is InChI=1S/C11H10N2O2/c12-6-7-4-8-2-1-3-13-10(8)9(5-7)11(14)15/h4-5,13H,1-3H2,(H,14,15). The number of fused-ring (bicyclic) bond motifs is 1. The minimum Gasteiger partial charge on any atom is -0.478 e. The van der Waals surface area contributed by atoms with Gasteiger partial charge in [0.1, 0.15) is 0 Å². The van der Waals surface area contributed by atoms with Gasteiger partial charge in [-0.2, -0.15) is 5.26 Å². The molecule has 0 fully saturated rings. The van der Waals surface area contributed by atoms with Crippen LogP contribution in [-0.4, -0.2) is 17.6 Å². The van der Waals surface area contributed by atoms with E-state index in [9.17, 15) is 4.79 Å². The minimum absolute atomic E-state index is 0.198. The zero-order chi connectivity index (χ0) is 10.8. The molecule has 4 nitrogen and oxygen atoms in total. The molecule has 0 amide bonds. The van der Waals surface area contributed by atoms with Crippen LogP contribution in [0.25, 0.3) is 0 Å². The predicted octanol–water partition coefficient (Wildman–Crippen LogP) is 1.61. The zero-order valence-electron chi connectivity index (χ0n) is 8.08. The van der Waals surface area contributed by atoms with E-state index in [1.54, 1.807) is 6.07 Å². The molecule has 15 heavy (non-hydrogen) atoms. The second-order valence-corrected chi connectivity index (χ2v) is 3.51. The van der Waals surface area contributed by atoms with Gasteiger partial charge in [0.15, 0.2) is 0 Å². The van der Waals surface area contributed by atoms with Gasteiger partial charge < -0.3 is 10.4 Å². The van der Waals surface area contributed by atoms with E-state index < -0.39 is 5.97 Å². The molecule has 2 N–H and O–H groups in total. The van der Waals surface area contributed by atoms with Crippen LogP contribution in [0.2, 0.25) is 0 Å². The smallest absolute Gasteiger partial charge is 0.337 e. The maximum Gasteiger partial charge on any atom is 0.337 e. The maximum atomic E-state index is 11.0. The minimum atomic E-state index is -0.988. The third-order valence-corrected chi connectivity index (χ3v) is 2.50. The number of rotatable bonds is 1. The van der Waals surface area contributed by atoms with Gasteiger partial charge in [-0.15, -0.1) is 0 Å². The lowest BCUT2D eigenvalue weighted by Gasteiger charge is -2.20. The summed E-state index contributed by atoms with van der Waals surface area (Å²) < 4.78 is 0. The van der Waals surface area contributed by atoms with Gasteiger partial charge in [-0.1, -0.05) is 0 Å². The molecule has 1 heterocycles. The summed E-state index contributed by atoms with van der Waals surface area (Å²) in [5.41, 5.74) is 2.21. The van der Waals surface area contributed by atoms with Crippen molar-refractivity contribution in [2.24, 2.45) is 0 Å². The van der Waals surface area contributed by atoms with Crippen molar-refractivity contribution in [1.29, 1.82) is 5.26 Å². The first-order chi connectivity index (χ1) is 7.22. The molecular weight excluding hydrogens is 192 g/mol. The van der Waals surface area contributed by atoms with Gasteiger partial charge in [0, 0.05) is 6.54 Å². The normalized spacial score (nSPS) is 13.5. The lowest BCUT2D eigenvalue weighted by Crippen LogP contribution is -2.16. The van der Waals surface area contributed by atoms with Crippen LogP contribution in [0.4, 0.5) is 5.69 Å². The van der Waals surface area contributed by atoms with E-state index in [-0.39, 0.29) is 5.56 Å². The van der Waals surface area contributed by atoms with Crippen LogP contribution in [0.15, 0.2) is 12.1 Å². The molecule has 0 spiro atoms.